The summed E-state index contributed by atoms with van der Waals surface area (Å²) in [4.78, 5) is 9.16. The van der Waals surface area contributed by atoms with Crippen LogP contribution in [0.25, 0.3) is 0 Å². The number of anilines is 2. The van der Waals surface area contributed by atoms with Gasteiger partial charge in [-0.15, -0.1) is 0 Å². The van der Waals surface area contributed by atoms with Crippen molar-refractivity contribution in [3.63, 3.8) is 0 Å². The van der Waals surface area contributed by atoms with Crippen molar-refractivity contribution in [1.29, 1.82) is 0 Å². The number of unbranched alkanes of at least 4 members (excludes halogenated alkanes) is 1. The summed E-state index contributed by atoms with van der Waals surface area (Å²) in [6.45, 7) is 6.21. The Kier molecular flexibility index (Phi) is 5.42. The van der Waals surface area contributed by atoms with Crippen LogP contribution < -0.4 is 10.6 Å². The predicted molar refractivity (Wildman–Crippen MR) is 78.4 cm³/mol. The highest BCUT2D eigenvalue weighted by Gasteiger charge is 2.18. The first-order valence-corrected chi connectivity index (χ1v) is 6.98. The lowest BCUT2D eigenvalue weighted by Crippen LogP contribution is -2.47. The first-order chi connectivity index (χ1) is 9.31. The van der Waals surface area contributed by atoms with Crippen LogP contribution in [0.5, 0.6) is 0 Å². The minimum atomic E-state index is 0.774. The number of piperazine rings is 1. The third-order valence-electron chi connectivity index (χ3n) is 3.56. The summed E-state index contributed by atoms with van der Waals surface area (Å²) in [6.07, 6.45) is 4.16. The summed E-state index contributed by atoms with van der Waals surface area (Å²) < 4.78 is 5.07. The standard InChI is InChI=1S/C14H24N4O/c1-19-12-3-2-7-17-8-10-18(11-9-17)14-13(15)5-4-6-16-14/h4-6H,2-3,7-12,15H2,1H3. The normalized spacial score (nSPS) is 16.8. The average molecular weight is 264 g/mol. The summed E-state index contributed by atoms with van der Waals surface area (Å²) in [5.41, 5.74) is 6.74. The zero-order valence-electron chi connectivity index (χ0n) is 11.7. The van der Waals surface area contributed by atoms with Gasteiger partial charge in [0, 0.05) is 46.1 Å². The Hall–Kier alpha value is -1.33. The summed E-state index contributed by atoms with van der Waals surface area (Å²) in [6, 6.07) is 3.80. The van der Waals surface area contributed by atoms with Crippen LogP contribution in [0.4, 0.5) is 11.5 Å². The molecule has 0 aromatic carbocycles. The van der Waals surface area contributed by atoms with E-state index in [-0.39, 0.29) is 0 Å². The van der Waals surface area contributed by atoms with Gasteiger partial charge in [-0.1, -0.05) is 0 Å². The van der Waals surface area contributed by atoms with E-state index in [4.69, 9.17) is 10.5 Å². The largest absolute Gasteiger partial charge is 0.396 e. The number of nitrogens with two attached hydrogens (primary N) is 1. The molecule has 2 heterocycles. The molecule has 0 amide bonds. The Morgan fingerprint density at radius 3 is 2.74 bits per heavy atom. The molecule has 5 nitrogen and oxygen atoms in total. The van der Waals surface area contributed by atoms with Crippen LogP contribution in [-0.2, 0) is 4.74 Å². The van der Waals surface area contributed by atoms with Gasteiger partial charge in [0.25, 0.3) is 0 Å². The molecule has 0 atom stereocenters. The molecule has 19 heavy (non-hydrogen) atoms. The number of methoxy groups -OCH3 is 1. The van der Waals surface area contributed by atoms with E-state index in [1.54, 1.807) is 7.11 Å². The van der Waals surface area contributed by atoms with E-state index in [1.807, 2.05) is 18.3 Å². The SMILES string of the molecule is COCCCCN1CCN(c2ncccc2N)CC1. The average Bonchev–Trinajstić information content (AvgIpc) is 2.45. The Morgan fingerprint density at radius 1 is 1.26 bits per heavy atom. The smallest absolute Gasteiger partial charge is 0.151 e. The van der Waals surface area contributed by atoms with Gasteiger partial charge >= 0.3 is 0 Å². The maximum Gasteiger partial charge on any atom is 0.151 e. The molecule has 5 heteroatoms. The fourth-order valence-electron chi connectivity index (χ4n) is 2.44. The predicted octanol–water partition coefficient (Wildman–Crippen LogP) is 1.21. The van der Waals surface area contributed by atoms with Crippen molar-refractivity contribution < 1.29 is 4.74 Å². The molecule has 1 aliphatic heterocycles. The quantitative estimate of drug-likeness (QED) is 0.783. The molecule has 1 aliphatic rings. The van der Waals surface area contributed by atoms with E-state index in [0.29, 0.717) is 0 Å². The molecule has 106 valence electrons. The second kappa shape index (κ2) is 7.31. The molecular weight excluding hydrogens is 240 g/mol. The molecule has 0 radical (unpaired) electrons. The third kappa shape index (κ3) is 4.08. The lowest BCUT2D eigenvalue weighted by atomic mass is 10.2. The van der Waals surface area contributed by atoms with Crippen molar-refractivity contribution in [2.75, 3.05) is 57.1 Å². The van der Waals surface area contributed by atoms with E-state index >= 15 is 0 Å². The van der Waals surface area contributed by atoms with Crippen molar-refractivity contribution in [2.24, 2.45) is 0 Å². The van der Waals surface area contributed by atoms with Gasteiger partial charge < -0.3 is 15.4 Å². The Balaban J connectivity index is 1.75. The summed E-state index contributed by atoms with van der Waals surface area (Å²) in [7, 11) is 1.76. The molecule has 1 saturated heterocycles. The fourth-order valence-corrected chi connectivity index (χ4v) is 2.44. The molecule has 0 bridgehead atoms. The van der Waals surface area contributed by atoms with E-state index in [2.05, 4.69) is 14.8 Å². The van der Waals surface area contributed by atoms with Crippen molar-refractivity contribution in [3.8, 4) is 0 Å². The zero-order valence-corrected chi connectivity index (χ0v) is 11.7. The zero-order chi connectivity index (χ0) is 13.5. The number of hydrogen-bond donors (Lipinski definition) is 1. The van der Waals surface area contributed by atoms with Crippen LogP contribution in [-0.4, -0.2) is 56.3 Å². The van der Waals surface area contributed by atoms with Gasteiger partial charge in [-0.05, 0) is 31.5 Å². The van der Waals surface area contributed by atoms with Gasteiger partial charge in [0.05, 0.1) is 5.69 Å². The van der Waals surface area contributed by atoms with Crippen molar-refractivity contribution in [1.82, 2.24) is 9.88 Å². The Morgan fingerprint density at radius 2 is 2.05 bits per heavy atom. The Bertz CT molecular complexity index is 377. The molecule has 0 spiro atoms. The van der Waals surface area contributed by atoms with Gasteiger partial charge in [-0.25, -0.2) is 4.98 Å². The molecule has 2 rings (SSSR count). The minimum absolute atomic E-state index is 0.774. The molecule has 0 aliphatic carbocycles. The number of hydrogen-bond acceptors (Lipinski definition) is 5. The molecule has 2 N–H and O–H groups in total. The van der Waals surface area contributed by atoms with Crippen molar-refractivity contribution in [3.05, 3.63) is 18.3 Å². The van der Waals surface area contributed by atoms with E-state index < -0.39 is 0 Å². The summed E-state index contributed by atoms with van der Waals surface area (Å²) >= 11 is 0. The number of ether oxygens (including phenoxy) is 1. The van der Waals surface area contributed by atoms with Crippen LogP contribution in [0.2, 0.25) is 0 Å². The second-order valence-corrected chi connectivity index (χ2v) is 4.94. The van der Waals surface area contributed by atoms with Gasteiger partial charge in [-0.2, -0.15) is 0 Å². The number of nitrogen functional groups attached to an aromatic ring is 1. The van der Waals surface area contributed by atoms with Crippen LogP contribution in [0, 0.1) is 0 Å². The molecule has 0 unspecified atom stereocenters. The number of aromatic nitrogens is 1. The summed E-state index contributed by atoms with van der Waals surface area (Å²) in [5.74, 6) is 0.932. The lowest BCUT2D eigenvalue weighted by Gasteiger charge is -2.35. The topological polar surface area (TPSA) is 54.6 Å². The van der Waals surface area contributed by atoms with E-state index in [1.165, 1.54) is 6.42 Å². The molecule has 1 aromatic rings. The molecular formula is C14H24N4O. The monoisotopic (exact) mass is 264 g/mol. The highest BCUT2D eigenvalue weighted by atomic mass is 16.5. The highest BCUT2D eigenvalue weighted by Crippen LogP contribution is 2.20. The second-order valence-electron chi connectivity index (χ2n) is 4.94. The van der Waals surface area contributed by atoms with Gasteiger partial charge in [0.15, 0.2) is 5.82 Å². The molecule has 0 saturated carbocycles. The maximum absolute atomic E-state index is 5.97. The highest BCUT2D eigenvalue weighted by molar-refractivity contribution is 5.62. The van der Waals surface area contributed by atoms with Gasteiger partial charge in [0.2, 0.25) is 0 Å². The van der Waals surface area contributed by atoms with E-state index in [0.717, 1.165) is 57.3 Å². The van der Waals surface area contributed by atoms with Crippen LogP contribution >= 0.6 is 0 Å². The van der Waals surface area contributed by atoms with Crippen LogP contribution in [0.3, 0.4) is 0 Å². The van der Waals surface area contributed by atoms with Crippen molar-refractivity contribution >= 4 is 11.5 Å². The number of pyridine rings is 1. The molecule has 1 fully saturated rings. The lowest BCUT2D eigenvalue weighted by molar-refractivity contribution is 0.182. The van der Waals surface area contributed by atoms with Crippen LogP contribution in [0.1, 0.15) is 12.8 Å². The minimum Gasteiger partial charge on any atom is -0.396 e. The molecule has 1 aromatic heterocycles. The Labute approximate surface area is 115 Å². The maximum atomic E-state index is 5.97. The number of rotatable bonds is 6. The van der Waals surface area contributed by atoms with Gasteiger partial charge in [-0.3, -0.25) is 4.90 Å². The fraction of sp³-hybridized carbons (Fsp3) is 0.643. The van der Waals surface area contributed by atoms with Crippen molar-refractivity contribution in [2.45, 2.75) is 12.8 Å². The third-order valence-corrected chi connectivity index (χ3v) is 3.56. The van der Waals surface area contributed by atoms with Crippen LogP contribution in [0.15, 0.2) is 18.3 Å². The van der Waals surface area contributed by atoms with E-state index in [9.17, 15) is 0 Å². The summed E-state index contributed by atoms with van der Waals surface area (Å²) in [5, 5.41) is 0. The first kappa shape index (κ1) is 14.1. The van der Waals surface area contributed by atoms with Gasteiger partial charge in [0.1, 0.15) is 0 Å². The number of nitrogens with zero attached hydrogens (tertiary/aromatic N) is 3. The first-order valence-electron chi connectivity index (χ1n) is 6.98.